The minimum absolute atomic E-state index is 0.438. The highest BCUT2D eigenvalue weighted by Gasteiger charge is 2.21. The van der Waals surface area contributed by atoms with Gasteiger partial charge in [-0.3, -0.25) is 0 Å². The van der Waals surface area contributed by atoms with Crippen LogP contribution in [0.2, 0.25) is 0 Å². The summed E-state index contributed by atoms with van der Waals surface area (Å²) in [5.41, 5.74) is 3.72. The average Bonchev–Trinajstić information content (AvgIpc) is 2.78. The van der Waals surface area contributed by atoms with Gasteiger partial charge in [0.05, 0.1) is 17.1 Å². The van der Waals surface area contributed by atoms with Crippen molar-refractivity contribution in [3.05, 3.63) is 29.6 Å². The van der Waals surface area contributed by atoms with Crippen LogP contribution in [0.15, 0.2) is 18.2 Å². The lowest BCUT2D eigenvalue weighted by Crippen LogP contribution is -2.29. The number of fused-ring (bicyclic) bond motifs is 1. The zero-order valence-corrected chi connectivity index (χ0v) is 11.9. The molecule has 102 valence electrons. The third-order valence-corrected chi connectivity index (χ3v) is 4.00. The molecule has 0 bridgehead atoms. The Morgan fingerprint density at radius 1 is 1.37 bits per heavy atom. The summed E-state index contributed by atoms with van der Waals surface area (Å²) in [5, 5.41) is 3.63. The summed E-state index contributed by atoms with van der Waals surface area (Å²) in [6.07, 6.45) is 4.97. The Bertz CT molecular complexity index is 565. The van der Waals surface area contributed by atoms with Gasteiger partial charge in [0.1, 0.15) is 5.82 Å². The number of imidazole rings is 1. The third-order valence-electron chi connectivity index (χ3n) is 4.00. The molecule has 0 radical (unpaired) electrons. The van der Waals surface area contributed by atoms with E-state index in [1.807, 2.05) is 0 Å². The van der Waals surface area contributed by atoms with Crippen molar-refractivity contribution in [1.82, 2.24) is 14.9 Å². The molecule has 1 aliphatic heterocycles. The highest BCUT2D eigenvalue weighted by Crippen LogP contribution is 2.27. The van der Waals surface area contributed by atoms with Gasteiger partial charge in [-0.2, -0.15) is 0 Å². The number of nitrogens with zero attached hydrogens (tertiary/aromatic N) is 2. The first kappa shape index (κ1) is 12.7. The molecule has 1 aromatic heterocycles. The largest absolute Gasteiger partial charge is 0.327 e. The van der Waals surface area contributed by atoms with E-state index in [0.717, 1.165) is 25.0 Å². The molecule has 1 fully saturated rings. The molecule has 0 aliphatic carbocycles. The van der Waals surface area contributed by atoms with E-state index in [0.29, 0.717) is 6.04 Å². The van der Waals surface area contributed by atoms with Crippen molar-refractivity contribution in [3.63, 3.8) is 0 Å². The van der Waals surface area contributed by atoms with Crippen molar-refractivity contribution in [2.24, 2.45) is 0 Å². The predicted octanol–water partition coefficient (Wildman–Crippen LogP) is 3.57. The zero-order valence-electron chi connectivity index (χ0n) is 11.9. The zero-order chi connectivity index (χ0) is 13.2. The molecule has 1 aliphatic rings. The van der Waals surface area contributed by atoms with Crippen molar-refractivity contribution in [3.8, 4) is 0 Å². The van der Waals surface area contributed by atoms with Crippen molar-refractivity contribution < 1.29 is 0 Å². The fourth-order valence-electron chi connectivity index (χ4n) is 3.06. The monoisotopic (exact) mass is 257 g/mol. The van der Waals surface area contributed by atoms with Crippen LogP contribution < -0.4 is 5.32 Å². The van der Waals surface area contributed by atoms with Crippen molar-refractivity contribution in [2.45, 2.75) is 52.1 Å². The molecule has 19 heavy (non-hydrogen) atoms. The van der Waals surface area contributed by atoms with Gasteiger partial charge in [-0.05, 0) is 50.4 Å². The van der Waals surface area contributed by atoms with Crippen LogP contribution in [0.3, 0.4) is 0 Å². The van der Waals surface area contributed by atoms with Gasteiger partial charge >= 0.3 is 0 Å². The van der Waals surface area contributed by atoms with Crippen molar-refractivity contribution in [1.29, 1.82) is 0 Å². The standard InChI is InChI=1S/C16H23N3/c1-3-10-19-15-8-7-12(2)11-14(15)18-16(19)13-6-4-5-9-17-13/h7-8,11,13,17H,3-6,9-10H2,1-2H3. The van der Waals surface area contributed by atoms with Crippen LogP contribution in [-0.4, -0.2) is 16.1 Å². The van der Waals surface area contributed by atoms with E-state index in [1.165, 1.54) is 36.2 Å². The molecule has 3 rings (SSSR count). The summed E-state index contributed by atoms with van der Waals surface area (Å²) in [6, 6.07) is 7.05. The molecule has 0 saturated carbocycles. The molecule has 1 unspecified atom stereocenters. The molecule has 0 spiro atoms. The topological polar surface area (TPSA) is 29.9 Å². The molecule has 0 amide bonds. The van der Waals surface area contributed by atoms with Crippen LogP contribution in [-0.2, 0) is 6.54 Å². The van der Waals surface area contributed by atoms with Crippen LogP contribution >= 0.6 is 0 Å². The molecule has 3 heteroatoms. The SMILES string of the molecule is CCCn1c(C2CCCCN2)nc2cc(C)ccc21. The lowest BCUT2D eigenvalue weighted by Gasteiger charge is -2.23. The van der Waals surface area contributed by atoms with Crippen LogP contribution in [0, 0.1) is 6.92 Å². The van der Waals surface area contributed by atoms with Gasteiger partial charge in [-0.15, -0.1) is 0 Å². The summed E-state index contributed by atoms with van der Waals surface area (Å²) < 4.78 is 2.41. The van der Waals surface area contributed by atoms with E-state index in [1.54, 1.807) is 0 Å². The average molecular weight is 257 g/mol. The lowest BCUT2D eigenvalue weighted by molar-refractivity contribution is 0.386. The number of piperidine rings is 1. The molecule has 1 N–H and O–H groups in total. The minimum atomic E-state index is 0.438. The summed E-state index contributed by atoms with van der Waals surface area (Å²) in [4.78, 5) is 4.92. The van der Waals surface area contributed by atoms with Crippen molar-refractivity contribution >= 4 is 11.0 Å². The predicted molar refractivity (Wildman–Crippen MR) is 79.4 cm³/mol. The van der Waals surface area contributed by atoms with Gasteiger partial charge in [-0.25, -0.2) is 4.98 Å². The molecular formula is C16H23N3. The Balaban J connectivity index is 2.08. The maximum Gasteiger partial charge on any atom is 0.127 e. The van der Waals surface area contributed by atoms with Gasteiger partial charge in [0.25, 0.3) is 0 Å². The van der Waals surface area contributed by atoms with Crippen LogP contribution in [0.25, 0.3) is 11.0 Å². The first-order valence-corrected chi connectivity index (χ1v) is 7.49. The highest BCUT2D eigenvalue weighted by molar-refractivity contribution is 5.77. The summed E-state index contributed by atoms with van der Waals surface area (Å²) in [7, 11) is 0. The second kappa shape index (κ2) is 5.33. The second-order valence-electron chi connectivity index (χ2n) is 5.62. The highest BCUT2D eigenvalue weighted by atomic mass is 15.1. The molecule has 3 nitrogen and oxygen atoms in total. The fraction of sp³-hybridized carbons (Fsp3) is 0.562. The number of hydrogen-bond donors (Lipinski definition) is 1. The maximum absolute atomic E-state index is 4.92. The maximum atomic E-state index is 4.92. The molecule has 1 saturated heterocycles. The molecule has 2 aromatic rings. The van der Waals surface area contributed by atoms with Gasteiger partial charge < -0.3 is 9.88 Å². The number of nitrogens with one attached hydrogen (secondary N) is 1. The molecule has 1 atom stereocenters. The Labute approximate surface area is 115 Å². The number of rotatable bonds is 3. The third kappa shape index (κ3) is 2.39. The number of hydrogen-bond acceptors (Lipinski definition) is 2. The van der Waals surface area contributed by atoms with Crippen LogP contribution in [0.4, 0.5) is 0 Å². The molecular weight excluding hydrogens is 234 g/mol. The number of benzene rings is 1. The van der Waals surface area contributed by atoms with Crippen LogP contribution in [0.1, 0.15) is 50.0 Å². The van der Waals surface area contributed by atoms with E-state index in [2.05, 4.69) is 41.9 Å². The Hall–Kier alpha value is -1.35. The smallest absolute Gasteiger partial charge is 0.127 e. The Morgan fingerprint density at radius 3 is 3.00 bits per heavy atom. The Morgan fingerprint density at radius 2 is 2.26 bits per heavy atom. The second-order valence-corrected chi connectivity index (χ2v) is 5.62. The Kier molecular flexibility index (Phi) is 3.56. The van der Waals surface area contributed by atoms with Gasteiger partial charge in [0.15, 0.2) is 0 Å². The van der Waals surface area contributed by atoms with Crippen molar-refractivity contribution in [2.75, 3.05) is 6.54 Å². The van der Waals surface area contributed by atoms with E-state index < -0.39 is 0 Å². The summed E-state index contributed by atoms with van der Waals surface area (Å²) in [5.74, 6) is 1.24. The van der Waals surface area contributed by atoms with Gasteiger partial charge in [0.2, 0.25) is 0 Å². The van der Waals surface area contributed by atoms with E-state index >= 15 is 0 Å². The minimum Gasteiger partial charge on any atom is -0.327 e. The quantitative estimate of drug-likeness (QED) is 0.911. The van der Waals surface area contributed by atoms with Gasteiger partial charge in [0, 0.05) is 6.54 Å². The molecule has 2 heterocycles. The first-order valence-electron chi connectivity index (χ1n) is 7.49. The first-order chi connectivity index (χ1) is 9.29. The normalized spacial score (nSPS) is 20.0. The lowest BCUT2D eigenvalue weighted by atomic mass is 10.0. The van der Waals surface area contributed by atoms with Gasteiger partial charge in [-0.1, -0.05) is 19.4 Å². The fourth-order valence-corrected chi connectivity index (χ4v) is 3.06. The van der Waals surface area contributed by atoms with E-state index in [-0.39, 0.29) is 0 Å². The summed E-state index contributed by atoms with van der Waals surface area (Å²) >= 11 is 0. The number of aromatic nitrogens is 2. The van der Waals surface area contributed by atoms with Crippen LogP contribution in [0.5, 0.6) is 0 Å². The van der Waals surface area contributed by atoms with E-state index in [9.17, 15) is 0 Å². The van der Waals surface area contributed by atoms with E-state index in [4.69, 9.17) is 4.98 Å². The molecule has 1 aromatic carbocycles. The number of aryl methyl sites for hydroxylation is 2. The summed E-state index contributed by atoms with van der Waals surface area (Å²) in [6.45, 7) is 6.56.